The Balaban J connectivity index is 1.14. The van der Waals surface area contributed by atoms with Gasteiger partial charge in [-0.15, -0.1) is 0 Å². The zero-order chi connectivity index (χ0) is 23.2. The van der Waals surface area contributed by atoms with E-state index in [1.165, 1.54) is 37.8 Å². The molecule has 3 aromatic rings. The Kier molecular flexibility index (Phi) is 7.22. The summed E-state index contributed by atoms with van der Waals surface area (Å²) in [5.41, 5.74) is 2.09. The largest absolute Gasteiger partial charge is 0.368 e. The van der Waals surface area contributed by atoms with Crippen molar-refractivity contribution in [2.45, 2.75) is 51.5 Å². The van der Waals surface area contributed by atoms with Crippen molar-refractivity contribution < 1.29 is 4.79 Å². The van der Waals surface area contributed by atoms with Crippen LogP contribution >= 0.6 is 0 Å². The lowest BCUT2D eigenvalue weighted by molar-refractivity contribution is -0.121. The number of piperazine rings is 1. The average molecular weight is 462 g/mol. The summed E-state index contributed by atoms with van der Waals surface area (Å²) in [5.74, 6) is 1.83. The van der Waals surface area contributed by atoms with E-state index in [2.05, 4.69) is 60.5 Å². The molecule has 34 heavy (non-hydrogen) atoms. The van der Waals surface area contributed by atoms with Gasteiger partial charge in [-0.2, -0.15) is 5.10 Å². The highest BCUT2D eigenvalue weighted by atomic mass is 16.1. The minimum atomic E-state index is 0.147. The molecule has 0 bridgehead atoms. The van der Waals surface area contributed by atoms with Gasteiger partial charge in [0, 0.05) is 44.8 Å². The molecule has 0 atom stereocenters. The van der Waals surface area contributed by atoms with Gasteiger partial charge in [-0.1, -0.05) is 50.3 Å². The van der Waals surface area contributed by atoms with E-state index >= 15 is 0 Å². The SMILES string of the molecule is O=C(CCC1CCCCC1)NCCn1ncc2c(N3CCN(c4ccccc4)CC3)ncnc21. The molecule has 0 radical (unpaired) electrons. The van der Waals surface area contributed by atoms with Gasteiger partial charge in [0.1, 0.15) is 12.1 Å². The van der Waals surface area contributed by atoms with Gasteiger partial charge in [-0.3, -0.25) is 4.79 Å². The fourth-order valence-corrected chi connectivity index (χ4v) is 5.31. The van der Waals surface area contributed by atoms with E-state index in [-0.39, 0.29) is 5.91 Å². The van der Waals surface area contributed by atoms with Crippen LogP contribution in [0.3, 0.4) is 0 Å². The first kappa shape index (κ1) is 22.6. The summed E-state index contributed by atoms with van der Waals surface area (Å²) in [6, 6.07) is 10.6. The van der Waals surface area contributed by atoms with Crippen molar-refractivity contribution in [1.82, 2.24) is 25.1 Å². The molecule has 1 saturated carbocycles. The molecule has 2 fully saturated rings. The zero-order valence-electron chi connectivity index (χ0n) is 19.9. The van der Waals surface area contributed by atoms with Crippen LogP contribution in [-0.2, 0) is 11.3 Å². The van der Waals surface area contributed by atoms with Crippen LogP contribution in [0.15, 0.2) is 42.9 Å². The summed E-state index contributed by atoms with van der Waals surface area (Å²) < 4.78 is 1.88. The first-order chi connectivity index (χ1) is 16.8. The number of nitrogens with one attached hydrogen (secondary N) is 1. The predicted molar refractivity (Wildman–Crippen MR) is 135 cm³/mol. The van der Waals surface area contributed by atoms with Gasteiger partial charge in [0.2, 0.25) is 5.91 Å². The van der Waals surface area contributed by atoms with Gasteiger partial charge >= 0.3 is 0 Å². The lowest BCUT2D eigenvalue weighted by Crippen LogP contribution is -2.46. The van der Waals surface area contributed by atoms with E-state index in [4.69, 9.17) is 0 Å². The van der Waals surface area contributed by atoms with Gasteiger partial charge in [0.15, 0.2) is 5.65 Å². The Morgan fingerprint density at radius 2 is 1.74 bits per heavy atom. The Bertz CT molecular complexity index is 1070. The molecule has 1 saturated heterocycles. The van der Waals surface area contributed by atoms with Crippen LogP contribution in [0.2, 0.25) is 0 Å². The predicted octanol–water partition coefficient (Wildman–Crippen LogP) is 3.63. The number of amides is 1. The van der Waals surface area contributed by atoms with Gasteiger partial charge in [0.25, 0.3) is 0 Å². The highest BCUT2D eigenvalue weighted by Crippen LogP contribution is 2.27. The molecule has 3 heterocycles. The van der Waals surface area contributed by atoms with Crippen LogP contribution in [0.1, 0.15) is 44.9 Å². The molecule has 8 nitrogen and oxygen atoms in total. The third kappa shape index (κ3) is 5.32. The number of carbonyl (C=O) groups is 1. The van der Waals surface area contributed by atoms with Crippen LogP contribution in [0.25, 0.3) is 11.0 Å². The quantitative estimate of drug-likeness (QED) is 0.552. The van der Waals surface area contributed by atoms with E-state index in [9.17, 15) is 4.79 Å². The fraction of sp³-hybridized carbons (Fsp3) is 0.538. The molecule has 1 aromatic carbocycles. The number of nitrogens with zero attached hydrogens (tertiary/aromatic N) is 6. The molecule has 0 spiro atoms. The number of carbonyl (C=O) groups excluding carboxylic acids is 1. The molecule has 2 aliphatic rings. The van der Waals surface area contributed by atoms with Crippen LogP contribution < -0.4 is 15.1 Å². The van der Waals surface area contributed by atoms with Gasteiger partial charge < -0.3 is 15.1 Å². The van der Waals surface area contributed by atoms with Gasteiger partial charge in [-0.25, -0.2) is 14.6 Å². The standard InChI is InChI=1S/C26H35N7O/c34-24(12-11-21-7-3-1-4-8-21)27-13-14-33-26-23(19-30-33)25(28-20-29-26)32-17-15-31(16-18-32)22-9-5-2-6-10-22/h2,5-6,9-10,19-21H,1,3-4,7-8,11-18H2,(H,27,34). The highest BCUT2D eigenvalue weighted by Gasteiger charge is 2.21. The van der Waals surface area contributed by atoms with E-state index in [0.717, 1.165) is 55.4 Å². The molecule has 1 aliphatic heterocycles. The maximum Gasteiger partial charge on any atom is 0.220 e. The maximum atomic E-state index is 12.3. The monoisotopic (exact) mass is 461 g/mol. The Morgan fingerprint density at radius 3 is 2.53 bits per heavy atom. The lowest BCUT2D eigenvalue weighted by Gasteiger charge is -2.36. The summed E-state index contributed by atoms with van der Waals surface area (Å²) in [6.07, 6.45) is 11.7. The average Bonchev–Trinajstić information content (AvgIpc) is 3.32. The van der Waals surface area contributed by atoms with E-state index in [1.54, 1.807) is 6.33 Å². The van der Waals surface area contributed by atoms with Crippen molar-refractivity contribution in [2.24, 2.45) is 5.92 Å². The Hall–Kier alpha value is -3.16. The molecular formula is C26H35N7O. The van der Waals surface area contributed by atoms with Crippen molar-refractivity contribution in [3.8, 4) is 0 Å². The summed E-state index contributed by atoms with van der Waals surface area (Å²) in [4.78, 5) is 26.1. The van der Waals surface area contributed by atoms with Crippen LogP contribution in [0.5, 0.6) is 0 Å². The first-order valence-electron chi connectivity index (χ1n) is 12.8. The summed E-state index contributed by atoms with van der Waals surface area (Å²) >= 11 is 0. The van der Waals surface area contributed by atoms with Gasteiger partial charge in [0.05, 0.1) is 18.1 Å². The minimum absolute atomic E-state index is 0.147. The molecule has 2 aromatic heterocycles. The second-order valence-electron chi connectivity index (χ2n) is 9.50. The van der Waals surface area contributed by atoms with E-state index < -0.39 is 0 Å². The molecule has 1 aliphatic carbocycles. The smallest absolute Gasteiger partial charge is 0.220 e. The first-order valence-corrected chi connectivity index (χ1v) is 12.8. The molecular weight excluding hydrogens is 426 g/mol. The van der Waals surface area contributed by atoms with E-state index in [0.29, 0.717) is 19.5 Å². The van der Waals surface area contributed by atoms with E-state index in [1.807, 2.05) is 10.9 Å². The van der Waals surface area contributed by atoms with Crippen LogP contribution in [-0.4, -0.2) is 58.4 Å². The normalized spacial score (nSPS) is 17.3. The molecule has 0 unspecified atom stereocenters. The number of hydrogen-bond donors (Lipinski definition) is 1. The number of anilines is 2. The van der Waals surface area contributed by atoms with Crippen LogP contribution in [0.4, 0.5) is 11.5 Å². The molecule has 1 amide bonds. The molecule has 1 N–H and O–H groups in total. The topological polar surface area (TPSA) is 79.2 Å². The summed E-state index contributed by atoms with van der Waals surface area (Å²) in [5, 5.41) is 8.59. The van der Waals surface area contributed by atoms with Crippen molar-refractivity contribution in [3.63, 3.8) is 0 Å². The third-order valence-corrected chi connectivity index (χ3v) is 7.26. The molecule has 180 valence electrons. The number of hydrogen-bond acceptors (Lipinski definition) is 6. The molecule has 5 rings (SSSR count). The summed E-state index contributed by atoms with van der Waals surface area (Å²) in [7, 11) is 0. The Morgan fingerprint density at radius 1 is 0.971 bits per heavy atom. The maximum absolute atomic E-state index is 12.3. The Labute approximate surface area is 201 Å². The number of benzene rings is 1. The van der Waals surface area contributed by atoms with Crippen molar-refractivity contribution >= 4 is 28.4 Å². The lowest BCUT2D eigenvalue weighted by atomic mass is 9.86. The highest BCUT2D eigenvalue weighted by molar-refractivity contribution is 5.86. The second-order valence-corrected chi connectivity index (χ2v) is 9.50. The molecule has 8 heteroatoms. The number of fused-ring (bicyclic) bond motifs is 1. The zero-order valence-corrected chi connectivity index (χ0v) is 19.9. The van der Waals surface area contributed by atoms with Crippen LogP contribution in [0, 0.1) is 5.92 Å². The third-order valence-electron chi connectivity index (χ3n) is 7.26. The number of rotatable bonds is 8. The van der Waals surface area contributed by atoms with Gasteiger partial charge in [-0.05, 0) is 24.5 Å². The number of aromatic nitrogens is 4. The van der Waals surface area contributed by atoms with Crippen molar-refractivity contribution in [1.29, 1.82) is 0 Å². The summed E-state index contributed by atoms with van der Waals surface area (Å²) in [6.45, 7) is 4.89. The van der Waals surface area contributed by atoms with Crippen molar-refractivity contribution in [2.75, 3.05) is 42.5 Å². The number of para-hydroxylation sites is 1. The van der Waals surface area contributed by atoms with Crippen molar-refractivity contribution in [3.05, 3.63) is 42.9 Å². The minimum Gasteiger partial charge on any atom is -0.368 e. The fourth-order valence-electron chi connectivity index (χ4n) is 5.31. The second kappa shape index (κ2) is 10.8.